The molecule has 90 valence electrons. The van der Waals surface area contributed by atoms with Crippen LogP contribution in [0.4, 0.5) is 4.79 Å². The lowest BCUT2D eigenvalue weighted by atomic mass is 10.1. The largest absolute Gasteiger partial charge is 0.327 e. The molecular weight excluding hydrogens is 206 g/mol. The van der Waals surface area contributed by atoms with Gasteiger partial charge in [0.2, 0.25) is 0 Å². The second-order valence-corrected chi connectivity index (χ2v) is 4.75. The van der Waals surface area contributed by atoms with Gasteiger partial charge in [-0.1, -0.05) is 0 Å². The van der Waals surface area contributed by atoms with E-state index in [9.17, 15) is 9.59 Å². The molecule has 2 rings (SSSR count). The van der Waals surface area contributed by atoms with Crippen LogP contribution in [0.5, 0.6) is 0 Å². The van der Waals surface area contributed by atoms with Crippen LogP contribution in [0.1, 0.15) is 26.7 Å². The van der Waals surface area contributed by atoms with Crippen molar-refractivity contribution in [1.82, 2.24) is 15.1 Å². The minimum atomic E-state index is -0.105. The van der Waals surface area contributed by atoms with E-state index in [1.807, 2.05) is 13.8 Å². The van der Waals surface area contributed by atoms with Crippen LogP contribution >= 0.6 is 0 Å². The summed E-state index contributed by atoms with van der Waals surface area (Å²) in [4.78, 5) is 26.9. The van der Waals surface area contributed by atoms with Crippen molar-refractivity contribution in [3.63, 3.8) is 0 Å². The van der Waals surface area contributed by atoms with Gasteiger partial charge in [0.05, 0.1) is 0 Å². The van der Waals surface area contributed by atoms with Crippen molar-refractivity contribution < 1.29 is 9.59 Å². The molecule has 5 heteroatoms. The molecule has 5 nitrogen and oxygen atoms in total. The first kappa shape index (κ1) is 11.4. The van der Waals surface area contributed by atoms with E-state index in [4.69, 9.17) is 0 Å². The molecule has 3 amide bonds. The highest BCUT2D eigenvalue weighted by Crippen LogP contribution is 2.20. The number of imide groups is 1. The van der Waals surface area contributed by atoms with Gasteiger partial charge in [-0.15, -0.1) is 0 Å². The Morgan fingerprint density at radius 1 is 1.25 bits per heavy atom. The van der Waals surface area contributed by atoms with E-state index in [-0.39, 0.29) is 30.6 Å². The van der Waals surface area contributed by atoms with Crippen molar-refractivity contribution >= 4 is 11.9 Å². The highest BCUT2D eigenvalue weighted by molar-refractivity contribution is 6.02. The van der Waals surface area contributed by atoms with Crippen molar-refractivity contribution in [2.24, 2.45) is 0 Å². The summed E-state index contributed by atoms with van der Waals surface area (Å²) in [5, 5.41) is 3.26. The molecular formula is C11H19N3O2. The third-order valence-electron chi connectivity index (χ3n) is 3.29. The first-order valence-corrected chi connectivity index (χ1v) is 5.94. The molecule has 0 spiro atoms. The smallest absolute Gasteiger partial charge is 0.317 e. The Morgan fingerprint density at radius 3 is 2.38 bits per heavy atom. The number of hydrogen-bond donors (Lipinski definition) is 1. The molecule has 0 radical (unpaired) electrons. The number of carbonyl (C=O) groups is 2. The van der Waals surface area contributed by atoms with E-state index in [1.54, 1.807) is 4.90 Å². The summed E-state index contributed by atoms with van der Waals surface area (Å²) in [6, 6.07) is 0.0973. The minimum absolute atomic E-state index is 0.0354. The van der Waals surface area contributed by atoms with Gasteiger partial charge in [0.1, 0.15) is 6.54 Å². The molecule has 0 aliphatic carbocycles. The third kappa shape index (κ3) is 1.91. The molecule has 2 heterocycles. The molecule has 1 N–H and O–H groups in total. The number of urea groups is 1. The third-order valence-corrected chi connectivity index (χ3v) is 3.29. The van der Waals surface area contributed by atoms with Gasteiger partial charge in [-0.25, -0.2) is 4.79 Å². The number of amides is 3. The summed E-state index contributed by atoms with van der Waals surface area (Å²) < 4.78 is 0. The zero-order valence-corrected chi connectivity index (χ0v) is 9.90. The van der Waals surface area contributed by atoms with Crippen molar-refractivity contribution in [3.8, 4) is 0 Å². The van der Waals surface area contributed by atoms with E-state index in [2.05, 4.69) is 5.32 Å². The van der Waals surface area contributed by atoms with Crippen LogP contribution in [0, 0.1) is 0 Å². The minimum Gasteiger partial charge on any atom is -0.317 e. The topological polar surface area (TPSA) is 52.7 Å². The first-order valence-electron chi connectivity index (χ1n) is 5.94. The lowest BCUT2D eigenvalue weighted by Gasteiger charge is -2.31. The molecule has 2 aliphatic rings. The van der Waals surface area contributed by atoms with Gasteiger partial charge in [0, 0.05) is 12.1 Å². The summed E-state index contributed by atoms with van der Waals surface area (Å²) in [6.07, 6.45) is 1.90. The normalized spacial score (nSPS) is 23.7. The number of hydrogen-bond acceptors (Lipinski definition) is 3. The zero-order chi connectivity index (χ0) is 11.7. The highest BCUT2D eigenvalue weighted by Gasteiger charge is 2.40. The summed E-state index contributed by atoms with van der Waals surface area (Å²) in [5.74, 6) is -0.0569. The average Bonchev–Trinajstić information content (AvgIpc) is 2.55. The van der Waals surface area contributed by atoms with Gasteiger partial charge >= 0.3 is 6.03 Å². The van der Waals surface area contributed by atoms with Crippen LogP contribution in [0.15, 0.2) is 0 Å². The van der Waals surface area contributed by atoms with Gasteiger partial charge in [-0.05, 0) is 39.8 Å². The Bertz CT molecular complexity index is 298. The highest BCUT2D eigenvalue weighted by atomic mass is 16.2. The first-order chi connectivity index (χ1) is 7.61. The van der Waals surface area contributed by atoms with Gasteiger partial charge in [-0.3, -0.25) is 9.69 Å². The Hall–Kier alpha value is -1.10. The molecule has 0 aromatic heterocycles. The van der Waals surface area contributed by atoms with E-state index < -0.39 is 0 Å². The van der Waals surface area contributed by atoms with Gasteiger partial charge in [0.15, 0.2) is 0 Å². The van der Waals surface area contributed by atoms with E-state index in [1.165, 1.54) is 4.90 Å². The molecule has 2 saturated heterocycles. The molecule has 0 aromatic rings. The Balaban J connectivity index is 2.07. The van der Waals surface area contributed by atoms with Crippen LogP contribution in [0.3, 0.4) is 0 Å². The SMILES string of the molecule is CC(C)N1C(=O)CN(C2CCNCC2)C1=O. The molecule has 2 fully saturated rings. The summed E-state index contributed by atoms with van der Waals surface area (Å²) >= 11 is 0. The van der Waals surface area contributed by atoms with E-state index in [0.717, 1.165) is 25.9 Å². The quantitative estimate of drug-likeness (QED) is 0.693. The second-order valence-electron chi connectivity index (χ2n) is 4.75. The van der Waals surface area contributed by atoms with E-state index in [0.29, 0.717) is 0 Å². The monoisotopic (exact) mass is 225 g/mol. The van der Waals surface area contributed by atoms with Crippen molar-refractivity contribution in [3.05, 3.63) is 0 Å². The van der Waals surface area contributed by atoms with Crippen LogP contribution < -0.4 is 5.32 Å². The van der Waals surface area contributed by atoms with Crippen LogP contribution in [0.25, 0.3) is 0 Å². The summed E-state index contributed by atoms with van der Waals surface area (Å²) in [7, 11) is 0. The Morgan fingerprint density at radius 2 is 1.88 bits per heavy atom. The zero-order valence-electron chi connectivity index (χ0n) is 9.90. The van der Waals surface area contributed by atoms with Crippen molar-refractivity contribution in [2.75, 3.05) is 19.6 Å². The van der Waals surface area contributed by atoms with Crippen molar-refractivity contribution in [2.45, 2.75) is 38.8 Å². The van der Waals surface area contributed by atoms with Crippen LogP contribution in [-0.2, 0) is 4.79 Å². The molecule has 0 bridgehead atoms. The van der Waals surface area contributed by atoms with E-state index >= 15 is 0 Å². The van der Waals surface area contributed by atoms with Gasteiger partial charge in [0.25, 0.3) is 5.91 Å². The predicted octanol–water partition coefficient (Wildman–Crippen LogP) is 0.411. The standard InChI is InChI=1S/C11H19N3O2/c1-8(2)14-10(15)7-13(11(14)16)9-3-5-12-6-4-9/h8-9,12H,3-7H2,1-2H3. The molecule has 0 aromatic carbocycles. The van der Waals surface area contributed by atoms with Gasteiger partial charge in [-0.2, -0.15) is 0 Å². The summed E-state index contributed by atoms with van der Waals surface area (Å²) in [6.45, 7) is 5.89. The Kier molecular flexibility index (Phi) is 3.14. The summed E-state index contributed by atoms with van der Waals surface area (Å²) in [5.41, 5.74) is 0. The molecule has 16 heavy (non-hydrogen) atoms. The second kappa shape index (κ2) is 4.41. The average molecular weight is 225 g/mol. The number of piperidine rings is 1. The van der Waals surface area contributed by atoms with Gasteiger partial charge < -0.3 is 10.2 Å². The lowest BCUT2D eigenvalue weighted by Crippen LogP contribution is -2.46. The predicted molar refractivity (Wildman–Crippen MR) is 60.0 cm³/mol. The Labute approximate surface area is 95.8 Å². The number of nitrogens with zero attached hydrogens (tertiary/aromatic N) is 2. The fourth-order valence-electron chi connectivity index (χ4n) is 2.45. The lowest BCUT2D eigenvalue weighted by molar-refractivity contribution is -0.126. The fraction of sp³-hybridized carbons (Fsp3) is 0.818. The maximum Gasteiger partial charge on any atom is 0.327 e. The van der Waals surface area contributed by atoms with Crippen LogP contribution in [-0.4, -0.2) is 53.5 Å². The molecule has 2 aliphatic heterocycles. The maximum absolute atomic E-state index is 12.1. The number of carbonyl (C=O) groups excluding carboxylic acids is 2. The van der Waals surface area contributed by atoms with Crippen molar-refractivity contribution in [1.29, 1.82) is 0 Å². The molecule has 0 saturated carbocycles. The maximum atomic E-state index is 12.1. The fourth-order valence-corrected chi connectivity index (χ4v) is 2.45. The molecule has 0 atom stereocenters. The van der Waals surface area contributed by atoms with Crippen LogP contribution in [0.2, 0.25) is 0 Å². The number of rotatable bonds is 2. The molecule has 0 unspecified atom stereocenters. The number of nitrogens with one attached hydrogen (secondary N) is 1.